The largest absolute Gasteiger partial charge is 0.340 e. The fourth-order valence-corrected chi connectivity index (χ4v) is 2.44. The number of hydrogen-bond acceptors (Lipinski definition) is 3. The third-order valence-corrected chi connectivity index (χ3v) is 3.49. The van der Waals surface area contributed by atoms with Crippen molar-refractivity contribution in [3.63, 3.8) is 0 Å². The average molecular weight is 247 g/mol. The zero-order chi connectivity index (χ0) is 13.0. The maximum absolute atomic E-state index is 12.3. The highest BCUT2D eigenvalue weighted by Crippen LogP contribution is 2.13. The lowest BCUT2D eigenvalue weighted by atomic mass is 9.99. The van der Waals surface area contributed by atoms with Crippen LogP contribution in [0.25, 0.3) is 0 Å². The minimum Gasteiger partial charge on any atom is -0.340 e. The Morgan fingerprint density at radius 3 is 3.11 bits per heavy atom. The maximum Gasteiger partial charge on any atom is 0.272 e. The van der Waals surface area contributed by atoms with Crippen molar-refractivity contribution in [3.05, 3.63) is 29.6 Å². The van der Waals surface area contributed by atoms with Crippen LogP contribution in [0.1, 0.15) is 28.9 Å². The van der Waals surface area contributed by atoms with Crippen molar-refractivity contribution in [2.24, 2.45) is 5.92 Å². The fraction of sp³-hybridized carbons (Fsp3) is 0.571. The molecule has 1 saturated heterocycles. The highest BCUT2D eigenvalue weighted by Gasteiger charge is 2.20. The molecule has 2 heterocycles. The molecule has 1 unspecified atom stereocenters. The molecule has 1 amide bonds. The normalized spacial score (nSPS) is 19.6. The van der Waals surface area contributed by atoms with E-state index in [4.69, 9.17) is 0 Å². The van der Waals surface area contributed by atoms with Crippen LogP contribution in [0.5, 0.6) is 0 Å². The van der Waals surface area contributed by atoms with Crippen molar-refractivity contribution < 1.29 is 4.79 Å². The van der Waals surface area contributed by atoms with Crippen molar-refractivity contribution in [2.45, 2.75) is 19.8 Å². The molecule has 1 atom stereocenters. The van der Waals surface area contributed by atoms with E-state index in [9.17, 15) is 4.79 Å². The van der Waals surface area contributed by atoms with Gasteiger partial charge in [0.1, 0.15) is 5.69 Å². The third-order valence-electron chi connectivity index (χ3n) is 3.49. The van der Waals surface area contributed by atoms with Crippen LogP contribution in [0.3, 0.4) is 0 Å². The van der Waals surface area contributed by atoms with Crippen molar-refractivity contribution in [2.75, 3.05) is 26.7 Å². The fourth-order valence-electron chi connectivity index (χ4n) is 2.44. The molecule has 0 spiro atoms. The number of aromatic nitrogens is 1. The highest BCUT2D eigenvalue weighted by atomic mass is 16.2. The first-order valence-corrected chi connectivity index (χ1v) is 6.56. The Balaban J connectivity index is 1.98. The number of nitrogens with zero attached hydrogens (tertiary/aromatic N) is 2. The molecule has 18 heavy (non-hydrogen) atoms. The molecule has 0 aromatic carbocycles. The first kappa shape index (κ1) is 13.0. The van der Waals surface area contributed by atoms with Crippen molar-refractivity contribution in [3.8, 4) is 0 Å². The summed E-state index contributed by atoms with van der Waals surface area (Å²) in [7, 11) is 1.87. The molecule has 98 valence electrons. The summed E-state index contributed by atoms with van der Waals surface area (Å²) in [6.07, 6.45) is 4.08. The summed E-state index contributed by atoms with van der Waals surface area (Å²) < 4.78 is 0. The highest BCUT2D eigenvalue weighted by molar-refractivity contribution is 5.93. The van der Waals surface area contributed by atoms with Crippen molar-refractivity contribution in [1.82, 2.24) is 15.2 Å². The van der Waals surface area contributed by atoms with Gasteiger partial charge in [-0.25, -0.2) is 0 Å². The van der Waals surface area contributed by atoms with Crippen LogP contribution in [0.2, 0.25) is 0 Å². The number of carbonyl (C=O) groups excluding carboxylic acids is 1. The third kappa shape index (κ3) is 3.07. The molecule has 0 aliphatic carbocycles. The molecule has 0 radical (unpaired) electrons. The zero-order valence-corrected chi connectivity index (χ0v) is 11.1. The van der Waals surface area contributed by atoms with Gasteiger partial charge in [0, 0.05) is 19.8 Å². The van der Waals surface area contributed by atoms with Gasteiger partial charge >= 0.3 is 0 Å². The Morgan fingerprint density at radius 1 is 1.61 bits per heavy atom. The predicted molar refractivity (Wildman–Crippen MR) is 71.5 cm³/mol. The first-order valence-electron chi connectivity index (χ1n) is 6.56. The zero-order valence-electron chi connectivity index (χ0n) is 11.1. The van der Waals surface area contributed by atoms with Gasteiger partial charge in [-0.3, -0.25) is 9.78 Å². The summed E-state index contributed by atoms with van der Waals surface area (Å²) in [5.74, 6) is 0.593. The van der Waals surface area contributed by atoms with E-state index in [2.05, 4.69) is 10.3 Å². The van der Waals surface area contributed by atoms with Gasteiger partial charge in [0.05, 0.1) is 0 Å². The molecule has 1 aliphatic rings. The summed E-state index contributed by atoms with van der Waals surface area (Å²) in [4.78, 5) is 18.3. The van der Waals surface area contributed by atoms with E-state index in [1.54, 1.807) is 11.1 Å². The molecule has 1 aromatic rings. The van der Waals surface area contributed by atoms with Crippen LogP contribution in [-0.2, 0) is 0 Å². The molecule has 1 fully saturated rings. The Bertz CT molecular complexity index is 413. The van der Waals surface area contributed by atoms with E-state index in [0.29, 0.717) is 11.6 Å². The van der Waals surface area contributed by atoms with Gasteiger partial charge in [0.25, 0.3) is 5.91 Å². The Labute approximate surface area is 108 Å². The maximum atomic E-state index is 12.3. The van der Waals surface area contributed by atoms with E-state index in [1.165, 1.54) is 12.8 Å². The van der Waals surface area contributed by atoms with Crippen LogP contribution in [0, 0.1) is 12.8 Å². The van der Waals surface area contributed by atoms with Gasteiger partial charge in [-0.15, -0.1) is 0 Å². The standard InChI is InChI=1S/C14H21N3O/c1-11-5-3-8-16-13(11)14(18)17(2)10-12-6-4-7-15-9-12/h3,5,8,12,15H,4,6-7,9-10H2,1-2H3. The number of aryl methyl sites for hydroxylation is 1. The van der Waals surface area contributed by atoms with E-state index in [-0.39, 0.29) is 5.91 Å². The van der Waals surface area contributed by atoms with Crippen LogP contribution in [-0.4, -0.2) is 42.5 Å². The number of pyridine rings is 1. The number of rotatable bonds is 3. The quantitative estimate of drug-likeness (QED) is 0.879. The second-order valence-corrected chi connectivity index (χ2v) is 5.07. The number of hydrogen-bond donors (Lipinski definition) is 1. The molecule has 4 heteroatoms. The second-order valence-electron chi connectivity index (χ2n) is 5.07. The molecule has 0 saturated carbocycles. The Kier molecular flexibility index (Phi) is 4.31. The van der Waals surface area contributed by atoms with Gasteiger partial charge < -0.3 is 10.2 Å². The van der Waals surface area contributed by atoms with Gasteiger partial charge in [0.15, 0.2) is 0 Å². The molecule has 4 nitrogen and oxygen atoms in total. The summed E-state index contributed by atoms with van der Waals surface area (Å²) in [6.45, 7) is 4.85. The predicted octanol–water partition coefficient (Wildman–Crippen LogP) is 1.46. The average Bonchev–Trinajstić information content (AvgIpc) is 2.39. The van der Waals surface area contributed by atoms with Crippen molar-refractivity contribution >= 4 is 5.91 Å². The summed E-state index contributed by atoms with van der Waals surface area (Å²) in [5.41, 5.74) is 1.51. The summed E-state index contributed by atoms with van der Waals surface area (Å²) in [6, 6.07) is 3.79. The van der Waals surface area contributed by atoms with Gasteiger partial charge in [0.2, 0.25) is 0 Å². The van der Waals surface area contributed by atoms with Crippen LogP contribution in [0.4, 0.5) is 0 Å². The van der Waals surface area contributed by atoms with E-state index in [0.717, 1.165) is 25.2 Å². The van der Waals surface area contributed by atoms with Crippen LogP contribution < -0.4 is 5.32 Å². The van der Waals surface area contributed by atoms with E-state index < -0.39 is 0 Å². The minimum atomic E-state index is 0.0265. The lowest BCUT2D eigenvalue weighted by Crippen LogP contribution is -2.39. The number of carbonyl (C=O) groups is 1. The molecule has 1 aromatic heterocycles. The van der Waals surface area contributed by atoms with Gasteiger partial charge in [-0.1, -0.05) is 6.07 Å². The first-order chi connectivity index (χ1) is 8.68. The molecule has 0 bridgehead atoms. The van der Waals surface area contributed by atoms with Crippen LogP contribution >= 0.6 is 0 Å². The van der Waals surface area contributed by atoms with E-state index in [1.807, 2.05) is 26.1 Å². The topological polar surface area (TPSA) is 45.2 Å². The monoisotopic (exact) mass is 247 g/mol. The smallest absolute Gasteiger partial charge is 0.272 e. The summed E-state index contributed by atoms with van der Waals surface area (Å²) >= 11 is 0. The SMILES string of the molecule is Cc1cccnc1C(=O)N(C)CC1CCCNC1. The molecular formula is C14H21N3O. The lowest BCUT2D eigenvalue weighted by Gasteiger charge is -2.27. The molecule has 1 aliphatic heterocycles. The number of piperidine rings is 1. The molecular weight excluding hydrogens is 226 g/mol. The van der Waals surface area contributed by atoms with Crippen molar-refractivity contribution in [1.29, 1.82) is 0 Å². The molecule has 1 N–H and O–H groups in total. The van der Waals surface area contributed by atoms with Gasteiger partial charge in [-0.05, 0) is 50.4 Å². The second kappa shape index (κ2) is 5.96. The molecule has 2 rings (SSSR count). The Hall–Kier alpha value is -1.42. The lowest BCUT2D eigenvalue weighted by molar-refractivity contribution is 0.0758. The van der Waals surface area contributed by atoms with Crippen LogP contribution in [0.15, 0.2) is 18.3 Å². The van der Waals surface area contributed by atoms with E-state index >= 15 is 0 Å². The Morgan fingerprint density at radius 2 is 2.44 bits per heavy atom. The van der Waals surface area contributed by atoms with Gasteiger partial charge in [-0.2, -0.15) is 0 Å². The number of amides is 1. The number of nitrogens with one attached hydrogen (secondary N) is 1. The summed E-state index contributed by atoms with van der Waals surface area (Å²) in [5, 5.41) is 3.38. The minimum absolute atomic E-state index is 0.0265.